The van der Waals surface area contributed by atoms with Gasteiger partial charge in [0.25, 0.3) is 5.91 Å². The Morgan fingerprint density at radius 3 is 2.31 bits per heavy atom. The van der Waals surface area contributed by atoms with Gasteiger partial charge in [-0.2, -0.15) is 8.42 Å². The summed E-state index contributed by atoms with van der Waals surface area (Å²) in [7, 11) is -4.83. The summed E-state index contributed by atoms with van der Waals surface area (Å²) >= 11 is 0. The highest BCUT2D eigenvalue weighted by Gasteiger charge is 2.34. The van der Waals surface area contributed by atoms with Crippen LogP contribution < -0.4 is 0 Å². The minimum atomic E-state index is -4.83. The van der Waals surface area contributed by atoms with Gasteiger partial charge in [-0.25, -0.2) is 0 Å². The van der Waals surface area contributed by atoms with E-state index < -0.39 is 21.2 Å². The second-order valence-corrected chi connectivity index (χ2v) is 11.3. The van der Waals surface area contributed by atoms with Crippen LogP contribution in [0.1, 0.15) is 62.7 Å². The highest BCUT2D eigenvalue weighted by molar-refractivity contribution is 7.86. The van der Waals surface area contributed by atoms with Crippen molar-refractivity contribution in [2.45, 2.75) is 62.6 Å². The van der Waals surface area contributed by atoms with Crippen molar-refractivity contribution >= 4 is 16.1 Å². The summed E-state index contributed by atoms with van der Waals surface area (Å²) in [4.78, 5) is 15.2. The maximum Gasteiger partial charge on any atom is 0.332 e. The lowest BCUT2D eigenvalue weighted by molar-refractivity contribution is -0.148. The van der Waals surface area contributed by atoms with Gasteiger partial charge in [-0.1, -0.05) is 60.7 Å². The quantitative estimate of drug-likeness (QED) is 0.332. The third kappa shape index (κ3) is 6.13. The molecule has 3 atom stereocenters. The van der Waals surface area contributed by atoms with E-state index in [9.17, 15) is 17.1 Å². The molecule has 1 amide bonds. The third-order valence-corrected chi connectivity index (χ3v) is 8.33. The van der Waals surface area contributed by atoms with Crippen molar-refractivity contribution in [3.8, 4) is 0 Å². The first-order valence-corrected chi connectivity index (χ1v) is 13.9. The average Bonchev–Trinajstić information content (AvgIpc) is 2.88. The Labute approximate surface area is 213 Å². The number of carbonyl (C=O) groups is 1. The number of piperidine rings is 1. The summed E-state index contributed by atoms with van der Waals surface area (Å²) in [5, 5.41) is 0. The Morgan fingerprint density at radius 1 is 1.08 bits per heavy atom. The maximum absolute atomic E-state index is 13.8. The molecule has 1 fully saturated rings. The number of hydrogen-bond donors (Lipinski definition) is 0. The maximum atomic E-state index is 13.8. The van der Waals surface area contributed by atoms with E-state index >= 15 is 0 Å². The van der Waals surface area contributed by atoms with Crippen molar-refractivity contribution < 1.29 is 21.8 Å². The predicted octanol–water partition coefficient (Wildman–Crippen LogP) is 6.11. The number of ether oxygens (including phenoxy) is 1. The summed E-state index contributed by atoms with van der Waals surface area (Å²) in [6.45, 7) is 9.34. The zero-order valence-corrected chi connectivity index (χ0v) is 21.7. The van der Waals surface area contributed by atoms with E-state index in [0.29, 0.717) is 24.6 Å². The summed E-state index contributed by atoms with van der Waals surface area (Å²) in [5.41, 5.74) is 3.95. The number of likely N-dealkylation sites (tertiary alicyclic amines) is 1. The van der Waals surface area contributed by atoms with Crippen LogP contribution in [-0.4, -0.2) is 38.4 Å². The monoisotopic (exact) mass is 511 g/mol. The normalized spacial score (nSPS) is 22.1. The van der Waals surface area contributed by atoms with E-state index in [-0.39, 0.29) is 17.9 Å². The van der Waals surface area contributed by atoms with Crippen molar-refractivity contribution in [2.75, 3.05) is 13.1 Å². The van der Waals surface area contributed by atoms with Gasteiger partial charge in [0, 0.05) is 13.1 Å². The molecule has 7 heteroatoms. The van der Waals surface area contributed by atoms with E-state index in [1.807, 2.05) is 36.9 Å². The lowest BCUT2D eigenvalue weighted by Gasteiger charge is -2.37. The third-order valence-electron chi connectivity index (χ3n) is 7.49. The molecular formula is C29H34FNO4S. The molecular weight excluding hydrogens is 477 g/mol. The zero-order chi connectivity index (χ0) is 25.9. The fourth-order valence-electron chi connectivity index (χ4n) is 5.14. The Bertz CT molecular complexity index is 1220. The number of nitrogens with zero attached hydrogens (tertiary/aromatic N) is 1. The molecule has 2 aliphatic rings. The number of hydrogen-bond acceptors (Lipinski definition) is 4. The van der Waals surface area contributed by atoms with Crippen LogP contribution >= 0.6 is 0 Å². The molecule has 0 bridgehead atoms. The molecule has 0 saturated carbocycles. The summed E-state index contributed by atoms with van der Waals surface area (Å²) in [5.74, 6) is 0.529. The van der Waals surface area contributed by atoms with Gasteiger partial charge in [0.1, 0.15) is 0 Å². The number of rotatable bonds is 7. The number of amides is 1. The highest BCUT2D eigenvalue weighted by atomic mass is 32.3. The molecule has 2 aromatic rings. The van der Waals surface area contributed by atoms with Crippen LogP contribution in [-0.2, 0) is 19.8 Å². The molecule has 1 saturated heterocycles. The van der Waals surface area contributed by atoms with E-state index in [1.54, 1.807) is 0 Å². The lowest BCUT2D eigenvalue weighted by Crippen LogP contribution is -2.42. The minimum absolute atomic E-state index is 0.150. The Balaban J connectivity index is 1.56. The summed E-state index contributed by atoms with van der Waals surface area (Å²) < 4.78 is 42.6. The Hall–Kier alpha value is -2.77. The number of carbonyl (C=O) groups excluding carboxylic acids is 1. The lowest BCUT2D eigenvalue weighted by atomic mass is 9.84. The average molecular weight is 512 g/mol. The first-order valence-electron chi connectivity index (χ1n) is 12.5. The van der Waals surface area contributed by atoms with Crippen LogP contribution in [0.2, 0.25) is 0 Å². The second kappa shape index (κ2) is 11.1. The van der Waals surface area contributed by atoms with Crippen molar-refractivity contribution in [1.82, 2.24) is 4.90 Å². The van der Waals surface area contributed by atoms with Gasteiger partial charge in [-0.15, -0.1) is 3.89 Å². The van der Waals surface area contributed by atoms with Crippen molar-refractivity contribution in [3.63, 3.8) is 0 Å². The van der Waals surface area contributed by atoms with Gasteiger partial charge in [-0.05, 0) is 80.2 Å². The first kappa shape index (κ1) is 26.3. The van der Waals surface area contributed by atoms with Gasteiger partial charge < -0.3 is 9.64 Å². The van der Waals surface area contributed by atoms with Crippen LogP contribution in [0, 0.1) is 5.92 Å². The van der Waals surface area contributed by atoms with Crippen molar-refractivity contribution in [2.24, 2.45) is 5.92 Å². The summed E-state index contributed by atoms with van der Waals surface area (Å²) in [6, 6.07) is 15.7. The fourth-order valence-corrected chi connectivity index (χ4v) is 5.60. The van der Waals surface area contributed by atoms with E-state index in [2.05, 4.69) is 24.8 Å². The first-order chi connectivity index (χ1) is 17.1. The largest absolute Gasteiger partial charge is 0.356 e. The van der Waals surface area contributed by atoms with Crippen LogP contribution in [0.4, 0.5) is 3.89 Å². The molecule has 1 unspecified atom stereocenters. The van der Waals surface area contributed by atoms with Crippen molar-refractivity contribution in [3.05, 3.63) is 89.5 Å². The van der Waals surface area contributed by atoms with Crippen LogP contribution in [0.5, 0.6) is 0 Å². The number of benzene rings is 2. The number of halogens is 1. The van der Waals surface area contributed by atoms with Gasteiger partial charge >= 0.3 is 10.2 Å². The standard InChI is InChI=1S/C29H34FNO4S/c1-20(2)25-10-9-21(3)27(19-25)35-28(24-11-13-26(14-12-24)36(30,33)34)29(32)31-17-15-23(16-18-31)22-7-5-4-6-8-22/h4-9,11-14,23,25,27-28H,1,10,15-19H2,2-3H3/t25-,27-,28?/m1/s1. The van der Waals surface area contributed by atoms with Gasteiger partial charge in [0.2, 0.25) is 0 Å². The zero-order valence-electron chi connectivity index (χ0n) is 20.9. The molecule has 36 heavy (non-hydrogen) atoms. The Morgan fingerprint density at radius 2 is 1.72 bits per heavy atom. The predicted molar refractivity (Wildman–Crippen MR) is 139 cm³/mol. The van der Waals surface area contributed by atoms with Crippen LogP contribution in [0.3, 0.4) is 0 Å². The fraction of sp³-hybridized carbons (Fsp3) is 0.414. The summed E-state index contributed by atoms with van der Waals surface area (Å²) in [6.07, 6.45) is 4.32. The molecule has 0 N–H and O–H groups in total. The smallest absolute Gasteiger partial charge is 0.332 e. The van der Waals surface area contributed by atoms with Crippen LogP contribution in [0.15, 0.2) is 83.3 Å². The van der Waals surface area contributed by atoms with E-state index in [0.717, 1.165) is 36.8 Å². The second-order valence-electron chi connectivity index (χ2n) is 9.98. The topological polar surface area (TPSA) is 63.7 Å². The van der Waals surface area contributed by atoms with Gasteiger partial charge in [-0.3, -0.25) is 4.79 Å². The molecule has 1 heterocycles. The van der Waals surface area contributed by atoms with Gasteiger partial charge in [0.05, 0.1) is 11.0 Å². The molecule has 1 aliphatic heterocycles. The van der Waals surface area contributed by atoms with Crippen LogP contribution in [0.25, 0.3) is 0 Å². The molecule has 1 aliphatic carbocycles. The van der Waals surface area contributed by atoms with E-state index in [1.165, 1.54) is 29.8 Å². The molecule has 0 radical (unpaired) electrons. The molecule has 192 valence electrons. The molecule has 4 rings (SSSR count). The number of allylic oxidation sites excluding steroid dienone is 2. The molecule has 0 spiro atoms. The molecule has 0 aromatic heterocycles. The van der Waals surface area contributed by atoms with E-state index in [4.69, 9.17) is 4.74 Å². The minimum Gasteiger partial charge on any atom is -0.356 e. The SMILES string of the molecule is C=C(C)[C@@H]1CC=C(C)[C@H](OC(C(=O)N2CCC(c3ccccc3)CC2)c2ccc(S(=O)(=O)F)cc2)C1. The molecule has 5 nitrogen and oxygen atoms in total. The molecule has 2 aromatic carbocycles. The van der Waals surface area contributed by atoms with Gasteiger partial charge in [0.15, 0.2) is 6.10 Å². The van der Waals surface area contributed by atoms with Crippen molar-refractivity contribution in [1.29, 1.82) is 0 Å². The highest BCUT2D eigenvalue weighted by Crippen LogP contribution is 2.35. The Kier molecular flexibility index (Phi) is 8.10.